The van der Waals surface area contributed by atoms with Gasteiger partial charge in [0.15, 0.2) is 0 Å². The van der Waals surface area contributed by atoms with Crippen LogP contribution in [-0.2, 0) is 0 Å². The molecule has 3 atom stereocenters. The summed E-state index contributed by atoms with van der Waals surface area (Å²) in [6, 6.07) is 0. The van der Waals surface area contributed by atoms with Crippen LogP contribution in [0.3, 0.4) is 0 Å². The van der Waals surface area contributed by atoms with Crippen LogP contribution < -0.4 is 0 Å². The van der Waals surface area contributed by atoms with Crippen LogP contribution in [0.1, 0.15) is 59.8 Å². The maximum Gasteiger partial charge on any atom is -0.0274 e. The van der Waals surface area contributed by atoms with E-state index in [1.165, 1.54) is 32.1 Å². The highest BCUT2D eigenvalue weighted by Gasteiger charge is 2.41. The van der Waals surface area contributed by atoms with E-state index >= 15 is 0 Å². The minimum absolute atomic E-state index is 0.663. The minimum Gasteiger partial charge on any atom is -0.0654 e. The molecule has 1 aliphatic rings. The van der Waals surface area contributed by atoms with Crippen molar-refractivity contribution in [1.82, 2.24) is 0 Å². The summed E-state index contributed by atoms with van der Waals surface area (Å²) in [5, 5.41) is 0. The molecule has 12 heavy (non-hydrogen) atoms. The zero-order chi connectivity index (χ0) is 9.19. The van der Waals surface area contributed by atoms with Gasteiger partial charge in [0, 0.05) is 0 Å². The van der Waals surface area contributed by atoms with Crippen LogP contribution in [0.5, 0.6) is 0 Å². The molecule has 0 radical (unpaired) electrons. The number of hydrogen-bond acceptors (Lipinski definition) is 0. The van der Waals surface area contributed by atoms with Crippen molar-refractivity contribution in [3.63, 3.8) is 0 Å². The predicted molar refractivity (Wildman–Crippen MR) is 55.2 cm³/mol. The van der Waals surface area contributed by atoms with E-state index in [1.807, 2.05) is 0 Å². The van der Waals surface area contributed by atoms with Crippen LogP contribution in [0.2, 0.25) is 0 Å². The Kier molecular flexibility index (Phi) is 3.20. The van der Waals surface area contributed by atoms with Gasteiger partial charge in [-0.1, -0.05) is 47.0 Å². The van der Waals surface area contributed by atoms with E-state index in [0.717, 1.165) is 11.8 Å². The molecular weight excluding hydrogens is 144 g/mol. The van der Waals surface area contributed by atoms with Crippen LogP contribution in [0, 0.1) is 17.3 Å². The standard InChI is InChI=1S/C12H24/c1-5-7-11-9-8-10(3)12(11,4)6-2/h10-11H,5-9H2,1-4H3. The molecule has 0 aliphatic heterocycles. The normalized spacial score (nSPS) is 42.0. The lowest BCUT2D eigenvalue weighted by Crippen LogP contribution is -2.26. The Bertz CT molecular complexity index is 137. The third-order valence-electron chi connectivity index (χ3n) is 4.41. The molecule has 72 valence electrons. The third kappa shape index (κ3) is 1.53. The first kappa shape index (κ1) is 10.1. The van der Waals surface area contributed by atoms with Crippen LogP contribution in [-0.4, -0.2) is 0 Å². The molecule has 0 heteroatoms. The second-order valence-corrected chi connectivity index (χ2v) is 4.82. The van der Waals surface area contributed by atoms with Gasteiger partial charge in [0.25, 0.3) is 0 Å². The van der Waals surface area contributed by atoms with Crippen LogP contribution in [0.15, 0.2) is 0 Å². The fourth-order valence-corrected chi connectivity index (χ4v) is 2.97. The van der Waals surface area contributed by atoms with Gasteiger partial charge >= 0.3 is 0 Å². The summed E-state index contributed by atoms with van der Waals surface area (Å²) in [5.41, 5.74) is 0.663. The second-order valence-electron chi connectivity index (χ2n) is 4.82. The Morgan fingerprint density at radius 2 is 1.92 bits per heavy atom. The molecule has 1 saturated carbocycles. The van der Waals surface area contributed by atoms with Gasteiger partial charge in [-0.25, -0.2) is 0 Å². The SMILES string of the molecule is CCCC1CCC(C)C1(C)CC. The summed E-state index contributed by atoms with van der Waals surface area (Å²) < 4.78 is 0. The average Bonchev–Trinajstić information content (AvgIpc) is 2.34. The predicted octanol–water partition coefficient (Wildman–Crippen LogP) is 4.25. The monoisotopic (exact) mass is 168 g/mol. The Hall–Kier alpha value is 0. The van der Waals surface area contributed by atoms with Gasteiger partial charge in [-0.3, -0.25) is 0 Å². The van der Waals surface area contributed by atoms with Crippen molar-refractivity contribution < 1.29 is 0 Å². The second kappa shape index (κ2) is 3.81. The van der Waals surface area contributed by atoms with Crippen molar-refractivity contribution in [3.8, 4) is 0 Å². The molecule has 1 aliphatic carbocycles. The highest BCUT2D eigenvalue weighted by molar-refractivity contribution is 4.91. The maximum atomic E-state index is 2.50. The highest BCUT2D eigenvalue weighted by atomic mass is 14.5. The Morgan fingerprint density at radius 1 is 1.25 bits per heavy atom. The van der Waals surface area contributed by atoms with Gasteiger partial charge < -0.3 is 0 Å². The average molecular weight is 168 g/mol. The Balaban J connectivity index is 2.63. The summed E-state index contributed by atoms with van der Waals surface area (Å²) in [6.45, 7) is 9.63. The highest BCUT2D eigenvalue weighted by Crippen LogP contribution is 2.51. The summed E-state index contributed by atoms with van der Waals surface area (Å²) in [5.74, 6) is 1.97. The maximum absolute atomic E-state index is 2.50. The molecule has 0 saturated heterocycles. The topological polar surface area (TPSA) is 0 Å². The quantitative estimate of drug-likeness (QED) is 0.591. The Morgan fingerprint density at radius 3 is 2.42 bits per heavy atom. The van der Waals surface area contributed by atoms with Gasteiger partial charge in [0.2, 0.25) is 0 Å². The van der Waals surface area contributed by atoms with Gasteiger partial charge in [-0.2, -0.15) is 0 Å². The van der Waals surface area contributed by atoms with E-state index in [4.69, 9.17) is 0 Å². The van der Waals surface area contributed by atoms with E-state index in [0.29, 0.717) is 5.41 Å². The number of rotatable bonds is 3. The van der Waals surface area contributed by atoms with E-state index in [9.17, 15) is 0 Å². The van der Waals surface area contributed by atoms with Crippen LogP contribution in [0.25, 0.3) is 0 Å². The molecule has 0 amide bonds. The number of hydrogen-bond donors (Lipinski definition) is 0. The molecule has 0 nitrogen and oxygen atoms in total. The molecule has 0 heterocycles. The zero-order valence-electron chi connectivity index (χ0n) is 9.19. The molecule has 0 aromatic rings. The van der Waals surface area contributed by atoms with Crippen molar-refractivity contribution in [1.29, 1.82) is 0 Å². The van der Waals surface area contributed by atoms with E-state index in [-0.39, 0.29) is 0 Å². The Labute approximate surface area is 77.7 Å². The van der Waals surface area contributed by atoms with E-state index in [2.05, 4.69) is 27.7 Å². The molecule has 0 aromatic carbocycles. The van der Waals surface area contributed by atoms with Crippen LogP contribution in [0.4, 0.5) is 0 Å². The lowest BCUT2D eigenvalue weighted by atomic mass is 9.71. The molecule has 3 unspecified atom stereocenters. The van der Waals surface area contributed by atoms with Crippen molar-refractivity contribution >= 4 is 0 Å². The zero-order valence-corrected chi connectivity index (χ0v) is 9.19. The summed E-state index contributed by atoms with van der Waals surface area (Å²) in [7, 11) is 0. The largest absolute Gasteiger partial charge is 0.0654 e. The van der Waals surface area contributed by atoms with Gasteiger partial charge in [0.05, 0.1) is 0 Å². The fraction of sp³-hybridized carbons (Fsp3) is 1.00. The van der Waals surface area contributed by atoms with E-state index < -0.39 is 0 Å². The van der Waals surface area contributed by atoms with Crippen molar-refractivity contribution in [3.05, 3.63) is 0 Å². The minimum atomic E-state index is 0.663. The van der Waals surface area contributed by atoms with E-state index in [1.54, 1.807) is 0 Å². The molecule has 0 bridgehead atoms. The molecule has 0 N–H and O–H groups in total. The first-order valence-electron chi connectivity index (χ1n) is 5.65. The lowest BCUT2D eigenvalue weighted by Gasteiger charge is -2.34. The molecule has 0 spiro atoms. The van der Waals surface area contributed by atoms with Gasteiger partial charge in [0.1, 0.15) is 0 Å². The van der Waals surface area contributed by atoms with Crippen molar-refractivity contribution in [2.45, 2.75) is 59.8 Å². The van der Waals surface area contributed by atoms with Crippen molar-refractivity contribution in [2.24, 2.45) is 17.3 Å². The molecular formula is C12H24. The first-order valence-corrected chi connectivity index (χ1v) is 5.65. The third-order valence-corrected chi connectivity index (χ3v) is 4.41. The van der Waals surface area contributed by atoms with Crippen molar-refractivity contribution in [2.75, 3.05) is 0 Å². The van der Waals surface area contributed by atoms with Crippen LogP contribution >= 0.6 is 0 Å². The van der Waals surface area contributed by atoms with Gasteiger partial charge in [-0.05, 0) is 30.1 Å². The molecule has 0 aromatic heterocycles. The fourth-order valence-electron chi connectivity index (χ4n) is 2.97. The lowest BCUT2D eigenvalue weighted by molar-refractivity contribution is 0.152. The summed E-state index contributed by atoms with van der Waals surface area (Å²) in [6.07, 6.45) is 7.15. The molecule has 1 rings (SSSR count). The summed E-state index contributed by atoms with van der Waals surface area (Å²) in [4.78, 5) is 0. The molecule has 1 fully saturated rings. The van der Waals surface area contributed by atoms with Gasteiger partial charge in [-0.15, -0.1) is 0 Å². The summed E-state index contributed by atoms with van der Waals surface area (Å²) >= 11 is 0. The first-order chi connectivity index (χ1) is 5.65. The smallest absolute Gasteiger partial charge is 0.0274 e.